The molecule has 0 spiro atoms. The number of nitrogens with zero attached hydrogens (tertiary/aromatic N) is 3. The lowest BCUT2D eigenvalue weighted by atomic mass is 10.2. The molecule has 0 aliphatic carbocycles. The van der Waals surface area contributed by atoms with Gasteiger partial charge in [0.15, 0.2) is 6.61 Å². The largest absolute Gasteiger partial charge is 0.484 e. The molecule has 3 aromatic rings. The number of amides is 2. The summed E-state index contributed by atoms with van der Waals surface area (Å²) in [5.41, 5.74) is 4.23. The minimum Gasteiger partial charge on any atom is -0.484 e. The Kier molecular flexibility index (Phi) is 9.75. The number of hydrogen-bond donors (Lipinski definition) is 1. The summed E-state index contributed by atoms with van der Waals surface area (Å²) >= 11 is 5.98. The molecular weight excluding hydrogens is 556 g/mol. The van der Waals surface area contributed by atoms with Gasteiger partial charge in [0.25, 0.3) is 21.8 Å². The Balaban J connectivity index is 1.36. The Morgan fingerprint density at radius 2 is 1.68 bits per heavy atom. The number of hydrogen-bond acceptors (Lipinski definition) is 7. The van der Waals surface area contributed by atoms with Gasteiger partial charge in [0.1, 0.15) is 12.3 Å². The van der Waals surface area contributed by atoms with Crippen LogP contribution >= 0.6 is 11.6 Å². The van der Waals surface area contributed by atoms with Crippen molar-refractivity contribution in [3.8, 4) is 5.75 Å². The lowest BCUT2D eigenvalue weighted by Crippen LogP contribution is -2.42. The summed E-state index contributed by atoms with van der Waals surface area (Å²) in [7, 11) is -4.05. The van der Waals surface area contributed by atoms with Crippen LogP contribution in [-0.2, 0) is 24.3 Å². The molecule has 1 N–H and O–H groups in total. The first-order valence-electron chi connectivity index (χ1n) is 12.5. The fourth-order valence-electron chi connectivity index (χ4n) is 3.80. The van der Waals surface area contributed by atoms with Crippen molar-refractivity contribution >= 4 is 45.3 Å². The number of halogens is 1. The van der Waals surface area contributed by atoms with Gasteiger partial charge in [-0.1, -0.05) is 29.3 Å². The van der Waals surface area contributed by atoms with E-state index >= 15 is 0 Å². The van der Waals surface area contributed by atoms with Crippen molar-refractivity contribution in [2.45, 2.75) is 11.8 Å². The van der Waals surface area contributed by atoms with Gasteiger partial charge in [-0.2, -0.15) is 5.10 Å². The molecule has 12 heteroatoms. The van der Waals surface area contributed by atoms with Gasteiger partial charge >= 0.3 is 0 Å². The lowest BCUT2D eigenvalue weighted by Gasteiger charge is -2.26. The molecule has 0 bridgehead atoms. The van der Waals surface area contributed by atoms with Crippen LogP contribution in [0.5, 0.6) is 5.75 Å². The van der Waals surface area contributed by atoms with Crippen LogP contribution in [0.25, 0.3) is 0 Å². The van der Waals surface area contributed by atoms with Crippen LogP contribution in [0.15, 0.2) is 82.8 Å². The summed E-state index contributed by atoms with van der Waals surface area (Å²) < 4.78 is 38.6. The van der Waals surface area contributed by atoms with Gasteiger partial charge in [0, 0.05) is 18.1 Å². The van der Waals surface area contributed by atoms with Crippen molar-refractivity contribution in [1.29, 1.82) is 0 Å². The van der Waals surface area contributed by atoms with E-state index in [0.717, 1.165) is 9.87 Å². The third kappa shape index (κ3) is 7.81. The summed E-state index contributed by atoms with van der Waals surface area (Å²) in [4.78, 5) is 26.7. The van der Waals surface area contributed by atoms with Crippen molar-refractivity contribution < 1.29 is 27.5 Å². The van der Waals surface area contributed by atoms with Crippen LogP contribution in [0.1, 0.15) is 11.1 Å². The fraction of sp³-hybridized carbons (Fsp3) is 0.250. The highest BCUT2D eigenvalue weighted by molar-refractivity contribution is 7.92. The Morgan fingerprint density at radius 1 is 1.02 bits per heavy atom. The molecule has 0 unspecified atom stereocenters. The fourth-order valence-corrected chi connectivity index (χ4v) is 5.35. The van der Waals surface area contributed by atoms with E-state index < -0.39 is 22.5 Å². The third-order valence-electron chi connectivity index (χ3n) is 6.02. The highest BCUT2D eigenvalue weighted by atomic mass is 35.5. The Labute approximate surface area is 238 Å². The molecule has 40 heavy (non-hydrogen) atoms. The zero-order valence-corrected chi connectivity index (χ0v) is 23.4. The van der Waals surface area contributed by atoms with Crippen LogP contribution < -0.4 is 14.5 Å². The van der Waals surface area contributed by atoms with Crippen LogP contribution in [0.4, 0.5) is 5.69 Å². The summed E-state index contributed by atoms with van der Waals surface area (Å²) in [6, 6.07) is 19.3. The molecule has 1 saturated heterocycles. The highest BCUT2D eigenvalue weighted by Crippen LogP contribution is 2.25. The zero-order chi connectivity index (χ0) is 28.5. The molecular formula is C28H29ClN4O6S. The molecule has 1 aliphatic heterocycles. The first-order valence-corrected chi connectivity index (χ1v) is 14.3. The number of ether oxygens (including phenoxy) is 2. The Bertz CT molecular complexity index is 1440. The van der Waals surface area contributed by atoms with Crippen LogP contribution in [0, 0.1) is 6.92 Å². The van der Waals surface area contributed by atoms with E-state index in [2.05, 4.69) is 10.5 Å². The quantitative estimate of drug-likeness (QED) is 0.289. The normalized spacial score (nSPS) is 13.7. The number of nitrogens with one attached hydrogen (secondary N) is 1. The Hall–Kier alpha value is -3.93. The number of morpholine rings is 1. The van der Waals surface area contributed by atoms with Gasteiger partial charge in [0.05, 0.1) is 30.0 Å². The second-order valence-electron chi connectivity index (χ2n) is 8.95. The van der Waals surface area contributed by atoms with Crippen molar-refractivity contribution in [3.63, 3.8) is 0 Å². The lowest BCUT2D eigenvalue weighted by molar-refractivity contribution is -0.137. The molecule has 1 fully saturated rings. The van der Waals surface area contributed by atoms with E-state index in [0.29, 0.717) is 42.6 Å². The van der Waals surface area contributed by atoms with Gasteiger partial charge in [-0.3, -0.25) is 13.9 Å². The number of rotatable bonds is 10. The standard InChI is InChI=1S/C28H29ClN4O6S/c1-21-2-12-26(13-3-21)40(36,37)33(24-8-6-23(29)7-9-24)19-27(34)31-30-18-22-4-10-25(11-5-22)39-20-28(35)32-14-16-38-17-15-32/h2-13,18H,14-17,19-20H2,1H3,(H,31,34)/b30-18-. The van der Waals surface area contributed by atoms with Crippen molar-refractivity contribution in [2.24, 2.45) is 5.10 Å². The minimum absolute atomic E-state index is 0.0540. The van der Waals surface area contributed by atoms with Gasteiger partial charge < -0.3 is 14.4 Å². The second kappa shape index (κ2) is 13.4. The zero-order valence-electron chi connectivity index (χ0n) is 21.8. The topological polar surface area (TPSA) is 118 Å². The first-order chi connectivity index (χ1) is 19.2. The van der Waals surface area contributed by atoms with E-state index in [1.807, 2.05) is 6.92 Å². The minimum atomic E-state index is -4.05. The molecule has 0 atom stereocenters. The Morgan fingerprint density at radius 3 is 2.33 bits per heavy atom. The van der Waals surface area contributed by atoms with Gasteiger partial charge in [-0.05, 0) is 73.2 Å². The average Bonchev–Trinajstić information content (AvgIpc) is 2.96. The number of benzene rings is 3. The summed E-state index contributed by atoms with van der Waals surface area (Å²) in [5, 5.41) is 4.39. The molecule has 1 heterocycles. The predicted molar refractivity (Wildman–Crippen MR) is 152 cm³/mol. The molecule has 2 amide bonds. The number of aryl methyl sites for hydroxylation is 1. The molecule has 0 radical (unpaired) electrons. The maximum absolute atomic E-state index is 13.4. The highest BCUT2D eigenvalue weighted by Gasteiger charge is 2.27. The molecule has 4 rings (SSSR count). The van der Waals surface area contributed by atoms with Crippen LogP contribution in [0.2, 0.25) is 5.02 Å². The first kappa shape index (κ1) is 29.1. The molecule has 0 saturated carbocycles. The summed E-state index contributed by atoms with van der Waals surface area (Å²) in [6.45, 7) is 3.44. The number of hydrazone groups is 1. The van der Waals surface area contributed by atoms with E-state index in [-0.39, 0.29) is 23.1 Å². The number of carbonyl (C=O) groups is 2. The molecule has 1 aliphatic rings. The van der Waals surface area contributed by atoms with Crippen molar-refractivity contribution in [2.75, 3.05) is 43.8 Å². The third-order valence-corrected chi connectivity index (χ3v) is 8.06. The summed E-state index contributed by atoms with van der Waals surface area (Å²) in [6.07, 6.45) is 1.42. The number of sulfonamides is 1. The SMILES string of the molecule is Cc1ccc(S(=O)(=O)N(CC(=O)N/N=C\c2ccc(OCC(=O)N3CCOCC3)cc2)c2ccc(Cl)cc2)cc1. The van der Waals surface area contributed by atoms with E-state index in [1.54, 1.807) is 53.4 Å². The van der Waals surface area contributed by atoms with Crippen molar-refractivity contribution in [3.05, 3.63) is 88.9 Å². The smallest absolute Gasteiger partial charge is 0.264 e. The molecule has 210 valence electrons. The molecule has 10 nitrogen and oxygen atoms in total. The number of anilines is 1. The summed E-state index contributed by atoms with van der Waals surface area (Å²) in [5.74, 6) is -0.222. The number of carbonyl (C=O) groups excluding carboxylic acids is 2. The predicted octanol–water partition coefficient (Wildman–Crippen LogP) is 3.23. The monoisotopic (exact) mass is 584 g/mol. The average molecular weight is 585 g/mol. The molecule has 3 aromatic carbocycles. The van der Waals surface area contributed by atoms with E-state index in [1.165, 1.54) is 30.5 Å². The second-order valence-corrected chi connectivity index (χ2v) is 11.2. The maximum atomic E-state index is 13.4. The van der Waals surface area contributed by atoms with Crippen molar-refractivity contribution in [1.82, 2.24) is 10.3 Å². The van der Waals surface area contributed by atoms with Crippen LogP contribution in [-0.4, -0.2) is 70.8 Å². The van der Waals surface area contributed by atoms with Gasteiger partial charge in [0.2, 0.25) is 0 Å². The van der Waals surface area contributed by atoms with E-state index in [9.17, 15) is 18.0 Å². The van der Waals surface area contributed by atoms with E-state index in [4.69, 9.17) is 21.1 Å². The molecule has 0 aromatic heterocycles. The maximum Gasteiger partial charge on any atom is 0.264 e. The van der Waals surface area contributed by atoms with Gasteiger partial charge in [-0.15, -0.1) is 0 Å². The van der Waals surface area contributed by atoms with Crippen LogP contribution in [0.3, 0.4) is 0 Å². The van der Waals surface area contributed by atoms with Gasteiger partial charge in [-0.25, -0.2) is 13.8 Å².